The summed E-state index contributed by atoms with van der Waals surface area (Å²) in [6.07, 6.45) is 0. The average molecular weight is 340 g/mol. The molecule has 4 rings (SSSR count). The number of nitrogens with zero attached hydrogens (tertiary/aromatic N) is 2. The number of carbonyl (C=O) groups excluding carboxylic acids is 1. The van der Waals surface area contributed by atoms with Crippen molar-refractivity contribution in [2.24, 2.45) is 0 Å². The highest BCUT2D eigenvalue weighted by Gasteiger charge is 2.30. The first-order chi connectivity index (χ1) is 11.7. The average Bonchev–Trinajstić information content (AvgIpc) is 3.05. The van der Waals surface area contributed by atoms with Crippen molar-refractivity contribution >= 4 is 23.4 Å². The van der Waals surface area contributed by atoms with Crippen LogP contribution >= 0.6 is 11.8 Å². The second-order valence-corrected chi connectivity index (χ2v) is 6.46. The number of hydrogen-bond acceptors (Lipinski definition) is 4. The first-order valence-electron chi connectivity index (χ1n) is 7.40. The Balaban J connectivity index is 1.74. The molecule has 0 aliphatic carbocycles. The number of amides is 1. The maximum Gasteiger partial charge on any atom is 0.280 e. The highest BCUT2D eigenvalue weighted by atomic mass is 32.2. The van der Waals surface area contributed by atoms with Gasteiger partial charge in [-0.25, -0.2) is 4.39 Å². The fraction of sp³-hybridized carbons (Fsp3) is 0.111. The van der Waals surface area contributed by atoms with Crippen LogP contribution in [0.25, 0.3) is 11.3 Å². The number of halogens is 1. The molecule has 0 atom stereocenters. The lowest BCUT2D eigenvalue weighted by Crippen LogP contribution is -2.28. The lowest BCUT2D eigenvalue weighted by atomic mass is 10.1. The van der Waals surface area contributed by atoms with Crippen molar-refractivity contribution in [1.82, 2.24) is 5.16 Å². The van der Waals surface area contributed by atoms with E-state index in [1.807, 2.05) is 24.3 Å². The highest BCUT2D eigenvalue weighted by molar-refractivity contribution is 7.98. The largest absolute Gasteiger partial charge is 0.355 e. The van der Waals surface area contributed by atoms with E-state index in [9.17, 15) is 9.18 Å². The van der Waals surface area contributed by atoms with E-state index in [4.69, 9.17) is 4.52 Å². The van der Waals surface area contributed by atoms with E-state index < -0.39 is 5.82 Å². The van der Waals surface area contributed by atoms with Gasteiger partial charge in [-0.3, -0.25) is 4.79 Å². The van der Waals surface area contributed by atoms with Crippen LogP contribution < -0.4 is 4.90 Å². The number of benzene rings is 2. The number of thioether (sulfide) groups is 1. The van der Waals surface area contributed by atoms with Crippen molar-refractivity contribution in [3.8, 4) is 11.3 Å². The topological polar surface area (TPSA) is 46.3 Å². The highest BCUT2D eigenvalue weighted by Crippen LogP contribution is 2.42. The third-order valence-electron chi connectivity index (χ3n) is 4.01. The molecule has 3 aromatic rings. The predicted octanol–water partition coefficient (Wildman–Crippen LogP) is 4.36. The van der Waals surface area contributed by atoms with Gasteiger partial charge in [0.1, 0.15) is 5.82 Å². The summed E-state index contributed by atoms with van der Waals surface area (Å²) in [7, 11) is 1.53. The molecular weight excluding hydrogens is 327 g/mol. The zero-order valence-electron chi connectivity index (χ0n) is 12.8. The molecule has 0 spiro atoms. The van der Waals surface area contributed by atoms with Crippen molar-refractivity contribution in [2.45, 2.75) is 10.6 Å². The third-order valence-corrected chi connectivity index (χ3v) is 5.11. The Morgan fingerprint density at radius 2 is 1.96 bits per heavy atom. The van der Waals surface area contributed by atoms with Crippen LogP contribution in [0.3, 0.4) is 0 Å². The monoisotopic (exact) mass is 340 g/mol. The van der Waals surface area contributed by atoms with E-state index >= 15 is 0 Å². The maximum absolute atomic E-state index is 13.9. The standard InChI is InChI=1S/C18H13FN2O2S/c1-21(14-8-4-3-7-13(14)19)18(22)16-12-10-24-15-9-5-2-6-11(15)17(12)23-20-16/h2-9H,10H2,1H3. The molecule has 2 aromatic carbocycles. The fourth-order valence-corrected chi connectivity index (χ4v) is 3.80. The molecule has 1 aliphatic heterocycles. The summed E-state index contributed by atoms with van der Waals surface area (Å²) in [5, 5.41) is 3.97. The van der Waals surface area contributed by atoms with Gasteiger partial charge >= 0.3 is 0 Å². The van der Waals surface area contributed by atoms with Crippen LogP contribution in [0.5, 0.6) is 0 Å². The van der Waals surface area contributed by atoms with Crippen LogP contribution in [-0.2, 0) is 5.75 Å². The first kappa shape index (κ1) is 15.0. The normalized spacial score (nSPS) is 12.4. The van der Waals surface area contributed by atoms with Crippen molar-refractivity contribution < 1.29 is 13.7 Å². The summed E-state index contributed by atoms with van der Waals surface area (Å²) >= 11 is 1.63. The molecule has 6 heteroatoms. The molecule has 1 aromatic heterocycles. The minimum absolute atomic E-state index is 0.211. The summed E-state index contributed by atoms with van der Waals surface area (Å²) in [5.41, 5.74) is 2.14. The molecule has 0 saturated heterocycles. The van der Waals surface area contributed by atoms with Gasteiger partial charge in [0.2, 0.25) is 0 Å². The second-order valence-electron chi connectivity index (χ2n) is 5.44. The Morgan fingerprint density at radius 3 is 2.79 bits per heavy atom. The van der Waals surface area contributed by atoms with Crippen LogP contribution in [-0.4, -0.2) is 18.1 Å². The predicted molar refractivity (Wildman–Crippen MR) is 90.6 cm³/mol. The number of anilines is 1. The van der Waals surface area contributed by atoms with Crippen LogP contribution in [0.4, 0.5) is 10.1 Å². The molecule has 1 aliphatic rings. The van der Waals surface area contributed by atoms with Crippen LogP contribution in [0.15, 0.2) is 57.9 Å². The van der Waals surface area contributed by atoms with Crippen molar-refractivity contribution in [1.29, 1.82) is 0 Å². The third kappa shape index (κ3) is 2.30. The minimum Gasteiger partial charge on any atom is -0.355 e. The van der Waals surface area contributed by atoms with Crippen molar-refractivity contribution in [3.05, 3.63) is 65.6 Å². The Bertz CT molecular complexity index is 938. The Kier molecular flexibility index (Phi) is 3.61. The van der Waals surface area contributed by atoms with Gasteiger partial charge in [-0.15, -0.1) is 11.8 Å². The second kappa shape index (κ2) is 5.79. The lowest BCUT2D eigenvalue weighted by molar-refractivity contribution is 0.0983. The number of rotatable bonds is 2. The molecular formula is C18H13FN2O2S. The van der Waals surface area contributed by atoms with Crippen LogP contribution in [0, 0.1) is 5.82 Å². The Morgan fingerprint density at radius 1 is 1.21 bits per heavy atom. The van der Waals surface area contributed by atoms with Gasteiger partial charge in [0.15, 0.2) is 11.5 Å². The molecule has 24 heavy (non-hydrogen) atoms. The summed E-state index contributed by atoms with van der Waals surface area (Å²) in [5.74, 6) is 0.382. The van der Waals surface area contributed by atoms with Crippen molar-refractivity contribution in [3.63, 3.8) is 0 Å². The van der Waals surface area contributed by atoms with Gasteiger partial charge < -0.3 is 9.42 Å². The zero-order chi connectivity index (χ0) is 16.7. The van der Waals surface area contributed by atoms with Gasteiger partial charge in [-0.1, -0.05) is 29.4 Å². The molecule has 0 N–H and O–H groups in total. The van der Waals surface area contributed by atoms with Gasteiger partial charge in [-0.05, 0) is 24.3 Å². The Labute approximate surface area is 142 Å². The smallest absolute Gasteiger partial charge is 0.280 e. The quantitative estimate of drug-likeness (QED) is 0.695. The molecule has 0 unspecified atom stereocenters. The lowest BCUT2D eigenvalue weighted by Gasteiger charge is -2.18. The molecule has 2 heterocycles. The van der Waals surface area contributed by atoms with Gasteiger partial charge in [0, 0.05) is 28.8 Å². The number of aromatic nitrogens is 1. The molecule has 0 radical (unpaired) electrons. The van der Waals surface area contributed by atoms with E-state index in [1.165, 1.54) is 18.0 Å². The van der Waals surface area contributed by atoms with Gasteiger partial charge in [-0.2, -0.15) is 0 Å². The SMILES string of the molecule is CN(C(=O)c1noc2c1CSc1ccccc1-2)c1ccccc1F. The van der Waals surface area contributed by atoms with E-state index in [2.05, 4.69) is 5.16 Å². The van der Waals surface area contributed by atoms with E-state index in [-0.39, 0.29) is 17.3 Å². The summed E-state index contributed by atoms with van der Waals surface area (Å²) < 4.78 is 19.4. The summed E-state index contributed by atoms with van der Waals surface area (Å²) in [6.45, 7) is 0. The van der Waals surface area contributed by atoms with E-state index in [0.717, 1.165) is 16.0 Å². The van der Waals surface area contributed by atoms with Gasteiger partial charge in [0.25, 0.3) is 5.91 Å². The molecule has 1 amide bonds. The van der Waals surface area contributed by atoms with Crippen LogP contribution in [0.2, 0.25) is 0 Å². The number of fused-ring (bicyclic) bond motifs is 3. The molecule has 4 nitrogen and oxygen atoms in total. The number of carbonyl (C=O) groups is 1. The number of para-hydroxylation sites is 1. The molecule has 0 saturated carbocycles. The molecule has 120 valence electrons. The fourth-order valence-electron chi connectivity index (χ4n) is 2.74. The summed E-state index contributed by atoms with van der Waals surface area (Å²) in [4.78, 5) is 15.1. The van der Waals surface area contributed by atoms with Crippen LogP contribution in [0.1, 0.15) is 16.1 Å². The minimum atomic E-state index is -0.453. The Hall–Kier alpha value is -2.60. The zero-order valence-corrected chi connectivity index (χ0v) is 13.6. The van der Waals surface area contributed by atoms with E-state index in [0.29, 0.717) is 11.5 Å². The van der Waals surface area contributed by atoms with E-state index in [1.54, 1.807) is 30.0 Å². The molecule has 0 fully saturated rings. The maximum atomic E-state index is 13.9. The van der Waals surface area contributed by atoms with Gasteiger partial charge in [0.05, 0.1) is 5.69 Å². The van der Waals surface area contributed by atoms with Crippen molar-refractivity contribution in [2.75, 3.05) is 11.9 Å². The summed E-state index contributed by atoms with van der Waals surface area (Å²) in [6, 6.07) is 14.0. The first-order valence-corrected chi connectivity index (χ1v) is 8.38. The molecule has 0 bridgehead atoms. The number of hydrogen-bond donors (Lipinski definition) is 0.